The summed E-state index contributed by atoms with van der Waals surface area (Å²) in [6, 6.07) is 24.2. The highest BCUT2D eigenvalue weighted by atomic mass is 32.2. The van der Waals surface area contributed by atoms with Crippen LogP contribution < -0.4 is 11.1 Å². The second-order valence-corrected chi connectivity index (χ2v) is 13.4. The first kappa shape index (κ1) is 34.4. The molecule has 3 rings (SSSR count). The van der Waals surface area contributed by atoms with Crippen LogP contribution >= 0.6 is 0 Å². The standard InChI is InChI=1S/C34H47N3O5S/c1-4-29(36-34(40)33(35)32(27-12-7-5-8-13-27)28-14-9-6-10-15-28)16-11-17-30(24-39)37(22-25(2)3)43(41,42)31-20-18-26(23-38)19-21-31/h5-10,12-15,18-21,25,29-30,32-33,38-39H,4,11,16-17,22-24,35H2,1-3H3,(H,36,40)/t29-,30-,33-/m0/s1. The van der Waals surface area contributed by atoms with E-state index in [1.54, 1.807) is 12.1 Å². The number of nitrogens with one attached hydrogen (secondary N) is 1. The zero-order chi connectivity index (χ0) is 31.4. The van der Waals surface area contributed by atoms with E-state index in [4.69, 9.17) is 5.73 Å². The van der Waals surface area contributed by atoms with Crippen molar-refractivity contribution in [3.63, 3.8) is 0 Å². The number of benzene rings is 3. The molecule has 0 fully saturated rings. The monoisotopic (exact) mass is 609 g/mol. The Kier molecular flexibility index (Phi) is 13.3. The van der Waals surface area contributed by atoms with E-state index in [0.717, 1.165) is 11.1 Å². The van der Waals surface area contributed by atoms with E-state index >= 15 is 0 Å². The van der Waals surface area contributed by atoms with Crippen molar-refractivity contribution in [1.29, 1.82) is 0 Å². The van der Waals surface area contributed by atoms with Crippen molar-refractivity contribution >= 4 is 15.9 Å². The lowest BCUT2D eigenvalue weighted by molar-refractivity contribution is -0.123. The van der Waals surface area contributed by atoms with Crippen molar-refractivity contribution < 1.29 is 23.4 Å². The van der Waals surface area contributed by atoms with Crippen LogP contribution in [0.5, 0.6) is 0 Å². The summed E-state index contributed by atoms with van der Waals surface area (Å²) >= 11 is 0. The lowest BCUT2D eigenvalue weighted by Crippen LogP contribution is -2.48. The van der Waals surface area contributed by atoms with E-state index in [-0.39, 0.29) is 48.4 Å². The van der Waals surface area contributed by atoms with Crippen molar-refractivity contribution in [2.24, 2.45) is 11.7 Å². The Morgan fingerprint density at radius 1 is 0.884 bits per heavy atom. The highest BCUT2D eigenvalue weighted by molar-refractivity contribution is 7.89. The van der Waals surface area contributed by atoms with Gasteiger partial charge >= 0.3 is 0 Å². The number of hydrogen-bond donors (Lipinski definition) is 4. The maximum Gasteiger partial charge on any atom is 0.243 e. The van der Waals surface area contributed by atoms with Crippen molar-refractivity contribution in [3.05, 3.63) is 102 Å². The lowest BCUT2D eigenvalue weighted by atomic mass is 9.85. The van der Waals surface area contributed by atoms with E-state index in [1.165, 1.54) is 16.4 Å². The fraction of sp³-hybridized carbons (Fsp3) is 0.441. The molecule has 0 heterocycles. The maximum atomic E-state index is 13.6. The van der Waals surface area contributed by atoms with Crippen LogP contribution in [0.1, 0.15) is 69.1 Å². The summed E-state index contributed by atoms with van der Waals surface area (Å²) in [4.78, 5) is 13.6. The van der Waals surface area contributed by atoms with Gasteiger partial charge in [0.25, 0.3) is 0 Å². The van der Waals surface area contributed by atoms with Gasteiger partial charge in [-0.15, -0.1) is 0 Å². The fourth-order valence-electron chi connectivity index (χ4n) is 5.39. The number of nitrogens with two attached hydrogens (primary N) is 1. The summed E-state index contributed by atoms with van der Waals surface area (Å²) in [7, 11) is -3.88. The molecule has 234 valence electrons. The molecule has 0 aromatic heterocycles. The SMILES string of the molecule is CC[C@@H](CCC[C@@H](CO)N(CC(C)C)S(=O)(=O)c1ccc(CO)cc1)NC(=O)[C@@H](N)C(c1ccccc1)c1ccccc1. The van der Waals surface area contributed by atoms with Crippen LogP contribution in [-0.4, -0.2) is 60.1 Å². The Morgan fingerprint density at radius 3 is 1.91 bits per heavy atom. The minimum Gasteiger partial charge on any atom is -0.395 e. The summed E-state index contributed by atoms with van der Waals surface area (Å²) < 4.78 is 28.6. The third-order valence-electron chi connectivity index (χ3n) is 7.78. The predicted molar refractivity (Wildman–Crippen MR) is 171 cm³/mol. The zero-order valence-electron chi connectivity index (χ0n) is 25.5. The molecule has 3 atom stereocenters. The van der Waals surface area contributed by atoms with Gasteiger partial charge in [-0.2, -0.15) is 4.31 Å². The smallest absolute Gasteiger partial charge is 0.243 e. The van der Waals surface area contributed by atoms with E-state index in [0.29, 0.717) is 31.2 Å². The number of nitrogens with zero attached hydrogens (tertiary/aromatic N) is 1. The van der Waals surface area contributed by atoms with Gasteiger partial charge in [-0.05, 0) is 60.4 Å². The molecule has 0 saturated carbocycles. The second kappa shape index (κ2) is 16.7. The van der Waals surface area contributed by atoms with Gasteiger partial charge in [0.15, 0.2) is 0 Å². The largest absolute Gasteiger partial charge is 0.395 e. The number of aliphatic hydroxyl groups excluding tert-OH is 2. The maximum absolute atomic E-state index is 13.6. The fourth-order valence-corrected chi connectivity index (χ4v) is 7.20. The van der Waals surface area contributed by atoms with Crippen LogP contribution in [0, 0.1) is 5.92 Å². The molecule has 0 bridgehead atoms. The molecule has 3 aromatic rings. The van der Waals surface area contributed by atoms with Crippen LogP contribution in [0.3, 0.4) is 0 Å². The summed E-state index contributed by atoms with van der Waals surface area (Å²) in [6.07, 6.45) is 2.35. The molecular weight excluding hydrogens is 562 g/mol. The van der Waals surface area contributed by atoms with Gasteiger partial charge in [-0.25, -0.2) is 8.42 Å². The van der Waals surface area contributed by atoms with Crippen LogP contribution in [0.15, 0.2) is 89.8 Å². The molecule has 43 heavy (non-hydrogen) atoms. The molecule has 1 amide bonds. The molecule has 0 aliphatic rings. The molecule has 9 heteroatoms. The minimum absolute atomic E-state index is 0.0480. The number of amides is 1. The van der Waals surface area contributed by atoms with Crippen LogP contribution in [0.4, 0.5) is 0 Å². The number of rotatable bonds is 17. The van der Waals surface area contributed by atoms with Gasteiger partial charge in [-0.3, -0.25) is 4.79 Å². The average Bonchev–Trinajstić information content (AvgIpc) is 3.02. The molecule has 0 radical (unpaired) electrons. The summed E-state index contributed by atoms with van der Waals surface area (Å²) in [5.41, 5.74) is 9.16. The molecule has 8 nitrogen and oxygen atoms in total. The average molecular weight is 610 g/mol. The topological polar surface area (TPSA) is 133 Å². The quantitative estimate of drug-likeness (QED) is 0.179. The molecule has 0 aliphatic carbocycles. The van der Waals surface area contributed by atoms with Gasteiger partial charge in [-0.1, -0.05) is 93.6 Å². The van der Waals surface area contributed by atoms with Crippen molar-refractivity contribution in [1.82, 2.24) is 9.62 Å². The first-order valence-corrected chi connectivity index (χ1v) is 16.5. The Bertz CT molecular complexity index is 1310. The van der Waals surface area contributed by atoms with E-state index in [2.05, 4.69) is 5.32 Å². The molecule has 0 saturated heterocycles. The highest BCUT2D eigenvalue weighted by Crippen LogP contribution is 2.28. The molecule has 3 aromatic carbocycles. The third kappa shape index (κ3) is 9.45. The van der Waals surface area contributed by atoms with Crippen molar-refractivity contribution in [2.45, 2.75) is 82.0 Å². The number of hydrogen-bond acceptors (Lipinski definition) is 6. The predicted octanol–water partition coefficient (Wildman–Crippen LogP) is 4.41. The van der Waals surface area contributed by atoms with E-state index < -0.39 is 22.1 Å². The van der Waals surface area contributed by atoms with Gasteiger partial charge in [0, 0.05) is 24.5 Å². The normalized spacial score (nSPS) is 14.2. The van der Waals surface area contributed by atoms with Crippen molar-refractivity contribution in [2.75, 3.05) is 13.2 Å². The number of aliphatic hydroxyl groups is 2. The summed E-state index contributed by atoms with van der Waals surface area (Å²) in [5, 5.41) is 22.8. The van der Waals surface area contributed by atoms with Crippen LogP contribution in [0.2, 0.25) is 0 Å². The first-order chi connectivity index (χ1) is 20.6. The Hall–Kier alpha value is -3.08. The van der Waals surface area contributed by atoms with E-state index in [9.17, 15) is 23.4 Å². The number of sulfonamides is 1. The van der Waals surface area contributed by atoms with Gasteiger partial charge < -0.3 is 21.3 Å². The van der Waals surface area contributed by atoms with Gasteiger partial charge in [0.1, 0.15) is 0 Å². The van der Waals surface area contributed by atoms with Gasteiger partial charge in [0.2, 0.25) is 15.9 Å². The summed E-state index contributed by atoms with van der Waals surface area (Å²) in [6.45, 7) is 5.65. The minimum atomic E-state index is -3.88. The molecule has 5 N–H and O–H groups in total. The second-order valence-electron chi connectivity index (χ2n) is 11.5. The van der Waals surface area contributed by atoms with Crippen LogP contribution in [-0.2, 0) is 21.4 Å². The molecular formula is C34H47N3O5S. The lowest BCUT2D eigenvalue weighted by Gasteiger charge is -2.32. The molecule has 0 aliphatic heterocycles. The number of carbonyl (C=O) groups excluding carboxylic acids is 1. The Balaban J connectivity index is 1.69. The number of carbonyl (C=O) groups is 1. The molecule has 0 spiro atoms. The Morgan fingerprint density at radius 2 is 1.44 bits per heavy atom. The van der Waals surface area contributed by atoms with E-state index in [1.807, 2.05) is 81.4 Å². The summed E-state index contributed by atoms with van der Waals surface area (Å²) in [5.74, 6) is -0.495. The highest BCUT2D eigenvalue weighted by Gasteiger charge is 2.32. The Labute approximate surface area is 257 Å². The van der Waals surface area contributed by atoms with Gasteiger partial charge in [0.05, 0.1) is 24.2 Å². The third-order valence-corrected chi connectivity index (χ3v) is 9.72. The zero-order valence-corrected chi connectivity index (χ0v) is 26.3. The van der Waals surface area contributed by atoms with Crippen LogP contribution in [0.25, 0.3) is 0 Å². The molecule has 0 unspecified atom stereocenters. The first-order valence-electron chi connectivity index (χ1n) is 15.1. The van der Waals surface area contributed by atoms with Crippen molar-refractivity contribution in [3.8, 4) is 0 Å².